The zero-order chi connectivity index (χ0) is 26.0. The Kier molecular flexibility index (Phi) is 10.5. The molecule has 190 valence electrons. The van der Waals surface area contributed by atoms with Gasteiger partial charge in [0.1, 0.15) is 23.6 Å². The van der Waals surface area contributed by atoms with Crippen molar-refractivity contribution in [3.63, 3.8) is 0 Å². The van der Waals surface area contributed by atoms with Gasteiger partial charge in [-0.15, -0.1) is 17.9 Å². The van der Waals surface area contributed by atoms with E-state index in [-0.39, 0.29) is 37.6 Å². The van der Waals surface area contributed by atoms with Crippen LogP contribution in [0.4, 0.5) is 4.79 Å². The molecule has 0 bridgehead atoms. The van der Waals surface area contributed by atoms with E-state index >= 15 is 0 Å². The minimum Gasteiger partial charge on any atom is -0.459 e. The molecule has 35 heavy (non-hydrogen) atoms. The third kappa shape index (κ3) is 9.94. The maximum Gasteiger partial charge on any atom is 0.348 e. The summed E-state index contributed by atoms with van der Waals surface area (Å²) in [5.74, 6) is -0.665. The molecule has 7 nitrogen and oxygen atoms in total. The van der Waals surface area contributed by atoms with E-state index in [2.05, 4.69) is 6.58 Å². The fraction of sp³-hybridized carbons (Fsp3) is 0.444. The Balaban J connectivity index is 2.08. The van der Waals surface area contributed by atoms with Crippen molar-refractivity contribution in [3.05, 3.63) is 70.4 Å². The molecule has 2 rings (SSSR count). The Bertz CT molecular complexity index is 995. The normalized spacial score (nSPS) is 11.1. The minimum absolute atomic E-state index is 0.147. The van der Waals surface area contributed by atoms with Gasteiger partial charge >= 0.3 is 18.0 Å². The number of carbonyl (C=O) groups excluding carboxylic acids is 3. The average molecular weight is 501 g/mol. The van der Waals surface area contributed by atoms with E-state index in [0.717, 1.165) is 10.4 Å². The molecule has 0 radical (unpaired) electrons. The highest BCUT2D eigenvalue weighted by molar-refractivity contribution is 7.13. The number of amides is 2. The van der Waals surface area contributed by atoms with Gasteiger partial charge in [-0.2, -0.15) is 0 Å². The summed E-state index contributed by atoms with van der Waals surface area (Å²) in [5, 5.41) is 0. The van der Waals surface area contributed by atoms with Crippen molar-refractivity contribution < 1.29 is 23.9 Å². The van der Waals surface area contributed by atoms with Crippen LogP contribution >= 0.6 is 11.3 Å². The monoisotopic (exact) mass is 500 g/mol. The van der Waals surface area contributed by atoms with Crippen molar-refractivity contribution in [1.29, 1.82) is 0 Å². The van der Waals surface area contributed by atoms with Crippen LogP contribution in [0.3, 0.4) is 0 Å². The standard InChI is InChI=1S/C27H36N2O5S/c1-7-15-28(18-24(30)33-19-21-11-9-8-10-12-21)26(32)29(16-20(2)3)17-22-13-14-23(35-22)25(31)34-27(4,5)6/h7-14,20H,1,15-19H2,2-6H3. The van der Waals surface area contributed by atoms with Crippen molar-refractivity contribution in [1.82, 2.24) is 9.80 Å². The molecule has 0 atom stereocenters. The molecule has 0 saturated carbocycles. The van der Waals surface area contributed by atoms with Crippen LogP contribution in [0.2, 0.25) is 0 Å². The van der Waals surface area contributed by atoms with Gasteiger partial charge in [-0.3, -0.25) is 4.79 Å². The van der Waals surface area contributed by atoms with E-state index in [1.54, 1.807) is 17.0 Å². The molecular weight excluding hydrogens is 464 g/mol. The van der Waals surface area contributed by atoms with E-state index in [0.29, 0.717) is 18.0 Å². The quantitative estimate of drug-likeness (QED) is 0.300. The zero-order valence-corrected chi connectivity index (χ0v) is 22.1. The van der Waals surface area contributed by atoms with Gasteiger partial charge < -0.3 is 19.3 Å². The van der Waals surface area contributed by atoms with E-state index < -0.39 is 11.6 Å². The molecule has 0 spiro atoms. The molecule has 0 unspecified atom stereocenters. The fourth-order valence-electron chi connectivity index (χ4n) is 3.25. The predicted molar refractivity (Wildman–Crippen MR) is 138 cm³/mol. The number of carbonyl (C=O) groups is 3. The van der Waals surface area contributed by atoms with Gasteiger partial charge in [-0.05, 0) is 44.4 Å². The molecule has 0 aliphatic heterocycles. The van der Waals surface area contributed by atoms with Gasteiger partial charge in [0, 0.05) is 18.0 Å². The molecule has 0 N–H and O–H groups in total. The SMILES string of the molecule is C=CCN(CC(=O)OCc1ccccc1)C(=O)N(Cc1ccc(C(=O)OC(C)(C)C)s1)CC(C)C. The Morgan fingerprint density at radius 2 is 1.74 bits per heavy atom. The Labute approximate surface area is 212 Å². The van der Waals surface area contributed by atoms with Gasteiger partial charge in [0.25, 0.3) is 0 Å². The van der Waals surface area contributed by atoms with Crippen LogP contribution in [0.15, 0.2) is 55.1 Å². The lowest BCUT2D eigenvalue weighted by Crippen LogP contribution is -2.46. The van der Waals surface area contributed by atoms with E-state index in [9.17, 15) is 14.4 Å². The average Bonchev–Trinajstić information content (AvgIpc) is 3.24. The summed E-state index contributed by atoms with van der Waals surface area (Å²) in [6.07, 6.45) is 1.59. The van der Waals surface area contributed by atoms with Gasteiger partial charge in [0.2, 0.25) is 0 Å². The van der Waals surface area contributed by atoms with Crippen LogP contribution < -0.4 is 0 Å². The number of benzene rings is 1. The molecule has 1 heterocycles. The van der Waals surface area contributed by atoms with E-state index in [1.165, 1.54) is 16.2 Å². The Morgan fingerprint density at radius 1 is 1.06 bits per heavy atom. The minimum atomic E-state index is -0.582. The third-order valence-electron chi connectivity index (χ3n) is 4.65. The number of esters is 2. The maximum absolute atomic E-state index is 13.4. The molecule has 0 fully saturated rings. The van der Waals surface area contributed by atoms with E-state index in [4.69, 9.17) is 9.47 Å². The second kappa shape index (κ2) is 13.1. The van der Waals surface area contributed by atoms with Crippen molar-refractivity contribution in [2.75, 3.05) is 19.6 Å². The van der Waals surface area contributed by atoms with Crippen molar-refractivity contribution >= 4 is 29.3 Å². The maximum atomic E-state index is 13.4. The van der Waals surface area contributed by atoms with Crippen LogP contribution in [0, 0.1) is 5.92 Å². The number of urea groups is 1. The van der Waals surface area contributed by atoms with E-state index in [1.807, 2.05) is 71.0 Å². The first-order valence-electron chi connectivity index (χ1n) is 11.6. The molecular formula is C27H36N2O5S. The second-order valence-corrected chi connectivity index (χ2v) is 10.8. The number of ether oxygens (including phenoxy) is 2. The summed E-state index contributed by atoms with van der Waals surface area (Å²) in [6, 6.07) is 12.6. The van der Waals surface area contributed by atoms with Crippen LogP contribution in [0.5, 0.6) is 0 Å². The zero-order valence-electron chi connectivity index (χ0n) is 21.3. The van der Waals surface area contributed by atoms with Crippen LogP contribution in [-0.4, -0.2) is 53.0 Å². The molecule has 2 aromatic rings. The number of nitrogens with zero attached hydrogens (tertiary/aromatic N) is 2. The summed E-state index contributed by atoms with van der Waals surface area (Å²) >= 11 is 1.30. The summed E-state index contributed by atoms with van der Waals surface area (Å²) in [6.45, 7) is 14.2. The molecule has 1 aromatic heterocycles. The summed E-state index contributed by atoms with van der Waals surface area (Å²) in [5.41, 5.74) is 0.295. The smallest absolute Gasteiger partial charge is 0.348 e. The van der Waals surface area contributed by atoms with Gasteiger partial charge in [-0.25, -0.2) is 9.59 Å². The van der Waals surface area contributed by atoms with Gasteiger partial charge in [0.05, 0.1) is 6.54 Å². The first-order chi connectivity index (χ1) is 16.5. The summed E-state index contributed by atoms with van der Waals surface area (Å²) in [4.78, 5) is 42.7. The van der Waals surface area contributed by atoms with Crippen LogP contribution in [0.25, 0.3) is 0 Å². The largest absolute Gasteiger partial charge is 0.459 e. The number of hydrogen-bond acceptors (Lipinski definition) is 6. The van der Waals surface area contributed by atoms with Crippen molar-refractivity contribution in [2.45, 2.75) is 53.4 Å². The lowest BCUT2D eigenvalue weighted by Gasteiger charge is -2.30. The molecule has 0 aliphatic rings. The van der Waals surface area contributed by atoms with Crippen LogP contribution in [0.1, 0.15) is 54.7 Å². The second-order valence-electron chi connectivity index (χ2n) is 9.64. The topological polar surface area (TPSA) is 76.2 Å². The first kappa shape index (κ1) is 28.1. The number of thiophene rings is 1. The fourth-order valence-corrected chi connectivity index (χ4v) is 4.15. The molecule has 2 amide bonds. The predicted octanol–water partition coefficient (Wildman–Crippen LogP) is 5.51. The Hall–Kier alpha value is -3.13. The molecule has 1 aromatic carbocycles. The summed E-state index contributed by atoms with van der Waals surface area (Å²) in [7, 11) is 0. The van der Waals surface area contributed by atoms with Crippen molar-refractivity contribution in [2.24, 2.45) is 5.92 Å². The van der Waals surface area contributed by atoms with Crippen molar-refractivity contribution in [3.8, 4) is 0 Å². The Morgan fingerprint density at radius 3 is 2.34 bits per heavy atom. The van der Waals surface area contributed by atoms with Gasteiger partial charge in [-0.1, -0.05) is 50.3 Å². The first-order valence-corrected chi connectivity index (χ1v) is 12.5. The highest BCUT2D eigenvalue weighted by Crippen LogP contribution is 2.22. The molecule has 0 saturated heterocycles. The number of hydrogen-bond donors (Lipinski definition) is 0. The molecule has 8 heteroatoms. The summed E-state index contributed by atoms with van der Waals surface area (Å²) < 4.78 is 10.8. The molecule has 0 aliphatic carbocycles. The third-order valence-corrected chi connectivity index (χ3v) is 5.70. The van der Waals surface area contributed by atoms with Gasteiger partial charge in [0.15, 0.2) is 0 Å². The highest BCUT2D eigenvalue weighted by atomic mass is 32.1. The highest BCUT2D eigenvalue weighted by Gasteiger charge is 2.25. The lowest BCUT2D eigenvalue weighted by molar-refractivity contribution is -0.145. The van der Waals surface area contributed by atoms with Crippen LogP contribution in [-0.2, 0) is 27.4 Å². The number of rotatable bonds is 11. The lowest BCUT2D eigenvalue weighted by atomic mass is 10.2.